The Balaban J connectivity index is 1.02. The molecule has 9 aromatic carbocycles. The lowest BCUT2D eigenvalue weighted by atomic mass is 10.0. The van der Waals surface area contributed by atoms with Crippen molar-refractivity contribution in [1.82, 2.24) is 0 Å². The highest BCUT2D eigenvalue weighted by molar-refractivity contribution is 6.24. The molecule has 0 saturated heterocycles. The molecule has 0 amide bonds. The first-order valence-corrected chi connectivity index (χ1v) is 20.4. The van der Waals surface area contributed by atoms with E-state index in [0.29, 0.717) is 23.0 Å². The van der Waals surface area contributed by atoms with Crippen LogP contribution in [0.4, 0.5) is 34.1 Å². The number of ether oxygens (including phenoxy) is 4. The summed E-state index contributed by atoms with van der Waals surface area (Å²) < 4.78 is 35.9. The Labute approximate surface area is 357 Å². The SMILES string of the molecule is COc1ccc(N(c2ccccc2)c2ccc3cc4c(cc3c2)oc2c4ccc3oc4cc5cc(N(c6ccccc6)c6ccc(OC)c(OC)c6)ccc5cc4c32)cc1OC. The molecule has 0 aliphatic rings. The highest BCUT2D eigenvalue weighted by Gasteiger charge is 2.21. The summed E-state index contributed by atoms with van der Waals surface area (Å²) in [7, 11) is 6.61. The number of nitrogens with zero attached hydrogens (tertiary/aromatic N) is 2. The second-order valence-corrected chi connectivity index (χ2v) is 15.2. The standard InChI is InChI=1S/C54H40N2O6/c1-57-46-22-19-41(31-51(46)59-3)55(37-11-7-5-8-12-37)39-17-15-33-27-44-43-21-24-48-53(54(43)62-49(44)29-35(33)25-39)45-28-34-16-18-40(26-36(34)30-50(45)61-48)56(38-13-9-6-10-14-38)42-20-23-47(58-2)52(32-42)60-4/h5-32H,1-4H3. The molecule has 0 saturated carbocycles. The van der Waals surface area contributed by atoms with Gasteiger partial charge in [0.2, 0.25) is 0 Å². The van der Waals surface area contributed by atoms with Gasteiger partial charge in [-0.25, -0.2) is 0 Å². The van der Waals surface area contributed by atoms with Crippen LogP contribution in [0.3, 0.4) is 0 Å². The third kappa shape index (κ3) is 6.06. The van der Waals surface area contributed by atoms with Gasteiger partial charge in [0, 0.05) is 51.0 Å². The van der Waals surface area contributed by atoms with Crippen molar-refractivity contribution in [3.8, 4) is 23.0 Å². The Morgan fingerprint density at radius 1 is 0.323 bits per heavy atom. The molecule has 0 atom stereocenters. The molecule has 0 unspecified atom stereocenters. The molecule has 0 aliphatic heterocycles. The predicted molar refractivity (Wildman–Crippen MR) is 252 cm³/mol. The first-order chi connectivity index (χ1) is 30.5. The molecule has 2 heterocycles. The van der Waals surface area contributed by atoms with E-state index in [9.17, 15) is 0 Å². The summed E-state index contributed by atoms with van der Waals surface area (Å²) in [5, 5.41) is 8.38. The number of hydrogen-bond donors (Lipinski definition) is 0. The Morgan fingerprint density at radius 2 is 0.790 bits per heavy atom. The maximum Gasteiger partial charge on any atom is 0.162 e. The van der Waals surface area contributed by atoms with Crippen molar-refractivity contribution >= 4 is 99.5 Å². The van der Waals surface area contributed by atoms with Crippen LogP contribution in [0.25, 0.3) is 65.4 Å². The van der Waals surface area contributed by atoms with Gasteiger partial charge in [-0.2, -0.15) is 0 Å². The number of rotatable bonds is 10. The number of furan rings is 2. The number of methoxy groups -OCH3 is 4. The first-order valence-electron chi connectivity index (χ1n) is 20.4. The molecule has 11 aromatic rings. The van der Waals surface area contributed by atoms with E-state index in [-0.39, 0.29) is 0 Å². The van der Waals surface area contributed by atoms with Gasteiger partial charge in [0.15, 0.2) is 23.0 Å². The van der Waals surface area contributed by atoms with Crippen molar-refractivity contribution in [2.75, 3.05) is 38.2 Å². The number of benzene rings is 9. The summed E-state index contributed by atoms with van der Waals surface area (Å²) in [5.41, 5.74) is 9.12. The molecule has 0 N–H and O–H groups in total. The molecule has 8 heteroatoms. The fourth-order valence-corrected chi connectivity index (χ4v) is 8.81. The molecule has 2 aromatic heterocycles. The van der Waals surface area contributed by atoms with Gasteiger partial charge in [0.25, 0.3) is 0 Å². The van der Waals surface area contributed by atoms with E-state index >= 15 is 0 Å². The molecular formula is C54H40N2O6. The van der Waals surface area contributed by atoms with Crippen LogP contribution in [0.2, 0.25) is 0 Å². The van der Waals surface area contributed by atoms with Crippen LogP contribution < -0.4 is 28.7 Å². The molecule has 0 fully saturated rings. The van der Waals surface area contributed by atoms with E-state index in [1.165, 1.54) is 0 Å². The molecule has 8 nitrogen and oxygen atoms in total. The van der Waals surface area contributed by atoms with Crippen molar-refractivity contribution in [3.63, 3.8) is 0 Å². The van der Waals surface area contributed by atoms with Crippen molar-refractivity contribution in [3.05, 3.63) is 170 Å². The van der Waals surface area contributed by atoms with Crippen LogP contribution in [-0.4, -0.2) is 28.4 Å². The van der Waals surface area contributed by atoms with E-state index < -0.39 is 0 Å². The van der Waals surface area contributed by atoms with Gasteiger partial charge in [-0.05, 0) is 131 Å². The smallest absolute Gasteiger partial charge is 0.162 e. The lowest BCUT2D eigenvalue weighted by Gasteiger charge is -2.26. The zero-order valence-electron chi connectivity index (χ0n) is 34.5. The second-order valence-electron chi connectivity index (χ2n) is 15.2. The Morgan fingerprint density at radius 3 is 1.31 bits per heavy atom. The van der Waals surface area contributed by atoms with E-state index in [1.807, 2.05) is 72.8 Å². The van der Waals surface area contributed by atoms with Gasteiger partial charge in [-0.3, -0.25) is 0 Å². The molecule has 0 aliphatic carbocycles. The minimum absolute atomic E-state index is 0.659. The number of anilines is 6. The average molecular weight is 813 g/mol. The van der Waals surface area contributed by atoms with Crippen LogP contribution in [0.5, 0.6) is 23.0 Å². The van der Waals surface area contributed by atoms with Crippen molar-refractivity contribution in [2.24, 2.45) is 0 Å². The van der Waals surface area contributed by atoms with Gasteiger partial charge in [-0.1, -0.05) is 48.5 Å². The number of para-hydroxylation sites is 2. The summed E-state index contributed by atoms with van der Waals surface area (Å²) in [4.78, 5) is 4.43. The number of fused-ring (bicyclic) bond motifs is 9. The molecule has 0 radical (unpaired) electrons. The fraction of sp³-hybridized carbons (Fsp3) is 0.0741. The van der Waals surface area contributed by atoms with Crippen molar-refractivity contribution < 1.29 is 27.8 Å². The molecule has 0 spiro atoms. The van der Waals surface area contributed by atoms with Gasteiger partial charge in [0.1, 0.15) is 22.3 Å². The maximum absolute atomic E-state index is 6.83. The number of hydrogen-bond acceptors (Lipinski definition) is 8. The topological polar surface area (TPSA) is 69.7 Å². The lowest BCUT2D eigenvalue weighted by molar-refractivity contribution is 0.355. The predicted octanol–water partition coefficient (Wildman–Crippen LogP) is 14.8. The minimum atomic E-state index is 0.659. The average Bonchev–Trinajstić information content (AvgIpc) is 3.87. The van der Waals surface area contributed by atoms with E-state index in [0.717, 1.165) is 99.5 Å². The molecule has 302 valence electrons. The van der Waals surface area contributed by atoms with Crippen LogP contribution >= 0.6 is 0 Å². The van der Waals surface area contributed by atoms with Crippen LogP contribution in [0.15, 0.2) is 179 Å². The highest BCUT2D eigenvalue weighted by atomic mass is 16.5. The van der Waals surface area contributed by atoms with Gasteiger partial charge < -0.3 is 37.6 Å². The zero-order valence-corrected chi connectivity index (χ0v) is 34.5. The minimum Gasteiger partial charge on any atom is -0.493 e. The maximum atomic E-state index is 6.83. The van der Waals surface area contributed by atoms with Crippen LogP contribution in [-0.2, 0) is 0 Å². The fourth-order valence-electron chi connectivity index (χ4n) is 8.81. The largest absolute Gasteiger partial charge is 0.493 e. The first kappa shape index (κ1) is 36.9. The van der Waals surface area contributed by atoms with E-state index in [2.05, 4.69) is 107 Å². The second kappa shape index (κ2) is 14.9. The normalized spacial score (nSPS) is 11.5. The summed E-state index contributed by atoms with van der Waals surface area (Å²) >= 11 is 0. The third-order valence-electron chi connectivity index (χ3n) is 11.8. The van der Waals surface area contributed by atoms with Gasteiger partial charge in [-0.15, -0.1) is 0 Å². The van der Waals surface area contributed by atoms with Crippen LogP contribution in [0, 0.1) is 0 Å². The van der Waals surface area contributed by atoms with E-state index in [1.54, 1.807) is 28.4 Å². The Kier molecular flexibility index (Phi) is 8.86. The van der Waals surface area contributed by atoms with Crippen molar-refractivity contribution in [2.45, 2.75) is 0 Å². The van der Waals surface area contributed by atoms with E-state index in [4.69, 9.17) is 27.8 Å². The molecular weight excluding hydrogens is 773 g/mol. The Bertz CT molecular complexity index is 3490. The summed E-state index contributed by atoms with van der Waals surface area (Å²) in [6, 6.07) is 58.5. The molecule has 0 bridgehead atoms. The summed E-state index contributed by atoms with van der Waals surface area (Å²) in [5.74, 6) is 2.67. The van der Waals surface area contributed by atoms with Crippen LogP contribution in [0.1, 0.15) is 0 Å². The monoisotopic (exact) mass is 812 g/mol. The quantitative estimate of drug-likeness (QED) is 0.135. The summed E-state index contributed by atoms with van der Waals surface area (Å²) in [6.07, 6.45) is 0. The van der Waals surface area contributed by atoms with Gasteiger partial charge in [0.05, 0.1) is 45.2 Å². The summed E-state index contributed by atoms with van der Waals surface area (Å²) in [6.45, 7) is 0. The van der Waals surface area contributed by atoms with Gasteiger partial charge >= 0.3 is 0 Å². The Hall–Kier alpha value is -8.10. The third-order valence-corrected chi connectivity index (χ3v) is 11.8. The molecule has 62 heavy (non-hydrogen) atoms. The lowest BCUT2D eigenvalue weighted by Crippen LogP contribution is -2.10. The zero-order chi connectivity index (χ0) is 41.9. The van der Waals surface area contributed by atoms with Crippen molar-refractivity contribution in [1.29, 1.82) is 0 Å². The highest BCUT2D eigenvalue weighted by Crippen LogP contribution is 2.45. The molecule has 11 rings (SSSR count).